The van der Waals surface area contributed by atoms with Crippen LogP contribution >= 0.6 is 0 Å². The number of pyridine rings is 1. The third-order valence-electron chi connectivity index (χ3n) is 3.49. The van der Waals surface area contributed by atoms with E-state index in [4.69, 9.17) is 5.11 Å². The van der Waals surface area contributed by atoms with Crippen molar-refractivity contribution in [2.75, 3.05) is 0 Å². The number of aromatic nitrogens is 1. The Hall–Kier alpha value is -1.42. The first-order valence-electron chi connectivity index (χ1n) is 6.61. The highest BCUT2D eigenvalue weighted by molar-refractivity contribution is 5.88. The van der Waals surface area contributed by atoms with Crippen LogP contribution in [0.15, 0.2) is 18.3 Å². The smallest absolute Gasteiger partial charge is 0.337 e. The molecule has 1 aliphatic carbocycles. The second kappa shape index (κ2) is 5.96. The van der Waals surface area contributed by atoms with Gasteiger partial charge in [-0.3, -0.25) is 4.98 Å². The number of carboxylic acid groups (broad SMARTS) is 1. The second-order valence-electron chi connectivity index (χ2n) is 4.97. The molecule has 0 amide bonds. The summed E-state index contributed by atoms with van der Waals surface area (Å²) in [7, 11) is 0. The van der Waals surface area contributed by atoms with Crippen molar-refractivity contribution in [3.8, 4) is 0 Å². The van der Waals surface area contributed by atoms with Gasteiger partial charge in [-0.05, 0) is 30.9 Å². The van der Waals surface area contributed by atoms with Crippen LogP contribution in [0.5, 0.6) is 0 Å². The molecule has 98 valence electrons. The summed E-state index contributed by atoms with van der Waals surface area (Å²) in [6, 6.07) is 3.74. The molecule has 2 rings (SSSR count). The first kappa shape index (κ1) is 13.0. The van der Waals surface area contributed by atoms with Crippen molar-refractivity contribution in [1.82, 2.24) is 10.3 Å². The van der Waals surface area contributed by atoms with Crippen LogP contribution in [0.3, 0.4) is 0 Å². The van der Waals surface area contributed by atoms with E-state index >= 15 is 0 Å². The number of aromatic carboxylic acids is 1. The van der Waals surface area contributed by atoms with E-state index < -0.39 is 5.97 Å². The van der Waals surface area contributed by atoms with Gasteiger partial charge in [-0.2, -0.15) is 0 Å². The zero-order chi connectivity index (χ0) is 13.0. The van der Waals surface area contributed by atoms with Gasteiger partial charge in [0.1, 0.15) is 0 Å². The van der Waals surface area contributed by atoms with Crippen molar-refractivity contribution in [2.24, 2.45) is 5.92 Å². The summed E-state index contributed by atoms with van der Waals surface area (Å²) in [5, 5.41) is 12.5. The summed E-state index contributed by atoms with van der Waals surface area (Å²) < 4.78 is 0. The van der Waals surface area contributed by atoms with Crippen molar-refractivity contribution in [1.29, 1.82) is 0 Å². The predicted octanol–water partition coefficient (Wildman–Crippen LogP) is 2.45. The van der Waals surface area contributed by atoms with Gasteiger partial charge < -0.3 is 10.4 Å². The molecule has 1 aromatic heterocycles. The Labute approximate surface area is 107 Å². The van der Waals surface area contributed by atoms with E-state index in [1.54, 1.807) is 18.3 Å². The number of nitrogens with zero attached hydrogens (tertiary/aromatic N) is 1. The van der Waals surface area contributed by atoms with Gasteiger partial charge >= 0.3 is 5.97 Å². The average molecular weight is 248 g/mol. The molecule has 1 fully saturated rings. The molecule has 1 aliphatic rings. The summed E-state index contributed by atoms with van der Waals surface area (Å²) in [6.07, 6.45) is 6.62. The zero-order valence-corrected chi connectivity index (χ0v) is 10.7. The van der Waals surface area contributed by atoms with E-state index in [9.17, 15) is 4.79 Å². The predicted molar refractivity (Wildman–Crippen MR) is 69.5 cm³/mol. The van der Waals surface area contributed by atoms with Crippen LogP contribution in [-0.2, 0) is 6.54 Å². The summed E-state index contributed by atoms with van der Waals surface area (Å²) in [5.41, 5.74) is 0.922. The maximum Gasteiger partial charge on any atom is 0.337 e. The molecule has 0 saturated heterocycles. The van der Waals surface area contributed by atoms with Crippen molar-refractivity contribution in [2.45, 2.75) is 45.2 Å². The molecule has 1 unspecified atom stereocenters. The van der Waals surface area contributed by atoms with Crippen LogP contribution in [0.1, 0.15) is 48.7 Å². The highest BCUT2D eigenvalue weighted by Gasteiger charge is 2.24. The Bertz CT molecular complexity index is 416. The first-order chi connectivity index (χ1) is 8.70. The molecule has 4 heteroatoms. The van der Waals surface area contributed by atoms with Gasteiger partial charge in [0.05, 0.1) is 11.3 Å². The van der Waals surface area contributed by atoms with Crippen LogP contribution in [0.2, 0.25) is 0 Å². The fourth-order valence-corrected chi connectivity index (χ4v) is 2.16. The standard InChI is InChI=1S/C14H20N2O2/c1-2-11(8-10-5-6-10)16-9-13-12(14(17)18)4-3-7-15-13/h3-4,7,10-11,16H,2,5-6,8-9H2,1H3,(H,17,18). The van der Waals surface area contributed by atoms with Crippen LogP contribution in [0, 0.1) is 5.92 Å². The fourth-order valence-electron chi connectivity index (χ4n) is 2.16. The van der Waals surface area contributed by atoms with Crippen LogP contribution in [0.4, 0.5) is 0 Å². The molecule has 1 saturated carbocycles. The van der Waals surface area contributed by atoms with Crippen LogP contribution < -0.4 is 5.32 Å². The lowest BCUT2D eigenvalue weighted by Gasteiger charge is -2.16. The molecule has 0 bridgehead atoms. The molecule has 18 heavy (non-hydrogen) atoms. The van der Waals surface area contributed by atoms with Crippen LogP contribution in [-0.4, -0.2) is 22.1 Å². The van der Waals surface area contributed by atoms with Gasteiger partial charge in [-0.1, -0.05) is 19.8 Å². The minimum Gasteiger partial charge on any atom is -0.478 e. The van der Waals surface area contributed by atoms with Crippen LogP contribution in [0.25, 0.3) is 0 Å². The Morgan fingerprint density at radius 1 is 1.61 bits per heavy atom. The maximum absolute atomic E-state index is 11.1. The monoisotopic (exact) mass is 248 g/mol. The van der Waals surface area contributed by atoms with Crippen molar-refractivity contribution < 1.29 is 9.90 Å². The van der Waals surface area contributed by atoms with Gasteiger partial charge in [0.25, 0.3) is 0 Å². The van der Waals surface area contributed by atoms with E-state index in [-0.39, 0.29) is 0 Å². The third kappa shape index (κ3) is 3.53. The largest absolute Gasteiger partial charge is 0.478 e. The number of nitrogens with one attached hydrogen (secondary N) is 1. The van der Waals surface area contributed by atoms with Gasteiger partial charge in [-0.15, -0.1) is 0 Å². The molecule has 4 nitrogen and oxygen atoms in total. The van der Waals surface area contributed by atoms with E-state index in [0.717, 1.165) is 12.3 Å². The second-order valence-corrected chi connectivity index (χ2v) is 4.97. The van der Waals surface area contributed by atoms with E-state index in [1.165, 1.54) is 19.3 Å². The SMILES string of the molecule is CCC(CC1CC1)NCc1ncccc1C(=O)O. The summed E-state index contributed by atoms with van der Waals surface area (Å²) >= 11 is 0. The van der Waals surface area contributed by atoms with E-state index in [2.05, 4.69) is 17.2 Å². The van der Waals surface area contributed by atoms with Gasteiger partial charge in [0, 0.05) is 18.8 Å². The lowest BCUT2D eigenvalue weighted by atomic mass is 10.1. The zero-order valence-electron chi connectivity index (χ0n) is 10.7. The van der Waals surface area contributed by atoms with Crippen molar-refractivity contribution >= 4 is 5.97 Å². The third-order valence-corrected chi connectivity index (χ3v) is 3.49. The maximum atomic E-state index is 11.1. The number of hydrogen-bond acceptors (Lipinski definition) is 3. The van der Waals surface area contributed by atoms with Gasteiger partial charge in [0.2, 0.25) is 0 Å². The molecular formula is C14H20N2O2. The number of carbonyl (C=O) groups is 1. The molecule has 1 atom stereocenters. The molecule has 0 aliphatic heterocycles. The number of rotatable bonds is 7. The Morgan fingerprint density at radius 3 is 3.00 bits per heavy atom. The van der Waals surface area contributed by atoms with E-state index in [1.807, 2.05) is 0 Å². The first-order valence-corrected chi connectivity index (χ1v) is 6.61. The lowest BCUT2D eigenvalue weighted by Crippen LogP contribution is -2.29. The normalized spacial score (nSPS) is 16.5. The minimum atomic E-state index is -0.907. The Morgan fingerprint density at radius 2 is 2.39 bits per heavy atom. The average Bonchev–Trinajstić information content (AvgIpc) is 3.18. The number of hydrogen-bond donors (Lipinski definition) is 2. The van der Waals surface area contributed by atoms with Gasteiger partial charge in [-0.25, -0.2) is 4.79 Å². The molecule has 1 heterocycles. The van der Waals surface area contributed by atoms with Gasteiger partial charge in [0.15, 0.2) is 0 Å². The molecule has 2 N–H and O–H groups in total. The fraction of sp³-hybridized carbons (Fsp3) is 0.571. The minimum absolute atomic E-state index is 0.297. The van der Waals surface area contributed by atoms with E-state index in [0.29, 0.717) is 23.8 Å². The molecule has 0 aromatic carbocycles. The summed E-state index contributed by atoms with van der Waals surface area (Å²) in [6.45, 7) is 2.70. The summed E-state index contributed by atoms with van der Waals surface area (Å²) in [5.74, 6) is -0.0275. The lowest BCUT2D eigenvalue weighted by molar-refractivity contribution is 0.0695. The quantitative estimate of drug-likeness (QED) is 0.778. The highest BCUT2D eigenvalue weighted by Crippen LogP contribution is 2.34. The highest BCUT2D eigenvalue weighted by atomic mass is 16.4. The molecule has 1 aromatic rings. The molecule has 0 radical (unpaired) electrons. The Balaban J connectivity index is 1.93. The van der Waals surface area contributed by atoms with Crippen molar-refractivity contribution in [3.63, 3.8) is 0 Å². The Kier molecular flexibility index (Phi) is 4.31. The summed E-state index contributed by atoms with van der Waals surface area (Å²) in [4.78, 5) is 15.2. The van der Waals surface area contributed by atoms with Crippen molar-refractivity contribution in [3.05, 3.63) is 29.6 Å². The molecule has 0 spiro atoms. The molecular weight excluding hydrogens is 228 g/mol. The number of carboxylic acids is 1. The topological polar surface area (TPSA) is 62.2 Å².